The Balaban J connectivity index is 1.81. The Hall–Kier alpha value is -0.0800. The molecule has 1 saturated carbocycles. The van der Waals surface area contributed by atoms with Crippen molar-refractivity contribution >= 4 is 0 Å². The summed E-state index contributed by atoms with van der Waals surface area (Å²) in [7, 11) is 2.22. The van der Waals surface area contributed by atoms with Gasteiger partial charge in [0.15, 0.2) is 0 Å². The number of likely N-dealkylation sites (tertiary alicyclic amines) is 1. The topological polar surface area (TPSA) is 23.5 Å². The Morgan fingerprint density at radius 3 is 2.23 bits per heavy atom. The molecule has 0 aromatic carbocycles. The van der Waals surface area contributed by atoms with E-state index in [0.717, 1.165) is 24.7 Å². The van der Waals surface area contributed by atoms with E-state index >= 15 is 0 Å². The van der Waals surface area contributed by atoms with E-state index in [-0.39, 0.29) is 6.10 Å². The highest BCUT2D eigenvalue weighted by Crippen LogP contribution is 2.34. The number of aliphatic hydroxyl groups excluding tert-OH is 1. The highest BCUT2D eigenvalue weighted by atomic mass is 16.3. The van der Waals surface area contributed by atoms with Crippen LogP contribution >= 0.6 is 0 Å². The van der Waals surface area contributed by atoms with Gasteiger partial charge in [-0.05, 0) is 57.5 Å². The molecule has 76 valence electrons. The fourth-order valence-corrected chi connectivity index (χ4v) is 2.93. The molecule has 1 aliphatic heterocycles. The molecular weight excluding hydrogens is 162 g/mol. The van der Waals surface area contributed by atoms with Gasteiger partial charge in [-0.3, -0.25) is 0 Å². The molecule has 2 aliphatic rings. The molecule has 1 heterocycles. The van der Waals surface area contributed by atoms with Crippen molar-refractivity contribution in [3.05, 3.63) is 0 Å². The predicted molar refractivity (Wildman–Crippen MR) is 53.6 cm³/mol. The summed E-state index contributed by atoms with van der Waals surface area (Å²) >= 11 is 0. The number of hydrogen-bond acceptors (Lipinski definition) is 2. The van der Waals surface area contributed by atoms with Gasteiger partial charge in [-0.25, -0.2) is 0 Å². The Morgan fingerprint density at radius 1 is 1.00 bits per heavy atom. The molecule has 0 aromatic heterocycles. The highest BCUT2D eigenvalue weighted by Gasteiger charge is 2.30. The van der Waals surface area contributed by atoms with Crippen molar-refractivity contribution in [2.24, 2.45) is 11.8 Å². The molecule has 0 amide bonds. The van der Waals surface area contributed by atoms with Crippen molar-refractivity contribution < 1.29 is 5.11 Å². The van der Waals surface area contributed by atoms with E-state index in [1.165, 1.54) is 32.4 Å². The van der Waals surface area contributed by atoms with Crippen LogP contribution in [-0.2, 0) is 0 Å². The first-order valence-corrected chi connectivity index (χ1v) is 5.62. The minimum atomic E-state index is 0.00961. The normalized spacial score (nSPS) is 42.5. The van der Waals surface area contributed by atoms with Gasteiger partial charge in [0.25, 0.3) is 0 Å². The smallest absolute Gasteiger partial charge is 0.0540 e. The van der Waals surface area contributed by atoms with Crippen LogP contribution in [0.2, 0.25) is 0 Å². The third-order valence-electron chi connectivity index (χ3n) is 3.84. The zero-order valence-corrected chi connectivity index (χ0v) is 8.58. The monoisotopic (exact) mass is 183 g/mol. The molecule has 2 rings (SSSR count). The third kappa shape index (κ3) is 2.23. The first-order valence-electron chi connectivity index (χ1n) is 5.62. The first-order chi connectivity index (χ1) is 6.25. The lowest BCUT2D eigenvalue weighted by molar-refractivity contribution is 0.0922. The third-order valence-corrected chi connectivity index (χ3v) is 3.84. The maximum absolute atomic E-state index is 9.41. The number of aliphatic hydroxyl groups is 1. The number of nitrogens with zero attached hydrogens (tertiary/aromatic N) is 1. The van der Waals surface area contributed by atoms with Crippen LogP contribution in [0.15, 0.2) is 0 Å². The van der Waals surface area contributed by atoms with E-state index < -0.39 is 0 Å². The maximum Gasteiger partial charge on any atom is 0.0540 e. The van der Waals surface area contributed by atoms with Crippen LogP contribution in [0.5, 0.6) is 0 Å². The van der Waals surface area contributed by atoms with E-state index in [1.807, 2.05) is 0 Å². The van der Waals surface area contributed by atoms with Crippen LogP contribution in [0.1, 0.15) is 32.1 Å². The van der Waals surface area contributed by atoms with Gasteiger partial charge in [0, 0.05) is 6.54 Å². The minimum Gasteiger partial charge on any atom is -0.393 e. The van der Waals surface area contributed by atoms with Gasteiger partial charge in [-0.15, -0.1) is 0 Å². The Morgan fingerprint density at radius 2 is 1.69 bits per heavy atom. The summed E-state index contributed by atoms with van der Waals surface area (Å²) in [5, 5.41) is 9.41. The Bertz CT molecular complexity index is 163. The lowest BCUT2D eigenvalue weighted by Crippen LogP contribution is -2.25. The van der Waals surface area contributed by atoms with Crippen LogP contribution in [0, 0.1) is 11.8 Å². The zero-order valence-electron chi connectivity index (χ0n) is 8.58. The zero-order chi connectivity index (χ0) is 9.26. The molecule has 1 atom stereocenters. The van der Waals surface area contributed by atoms with Crippen molar-refractivity contribution in [2.45, 2.75) is 38.2 Å². The average molecular weight is 183 g/mol. The molecule has 2 nitrogen and oxygen atoms in total. The van der Waals surface area contributed by atoms with Gasteiger partial charge >= 0.3 is 0 Å². The summed E-state index contributed by atoms with van der Waals surface area (Å²) in [4.78, 5) is 2.44. The van der Waals surface area contributed by atoms with Crippen molar-refractivity contribution in [3.63, 3.8) is 0 Å². The van der Waals surface area contributed by atoms with E-state index in [2.05, 4.69) is 11.9 Å². The lowest BCUT2D eigenvalue weighted by Gasteiger charge is -2.29. The molecule has 1 unspecified atom stereocenters. The second kappa shape index (κ2) is 3.97. The van der Waals surface area contributed by atoms with Crippen LogP contribution in [0.4, 0.5) is 0 Å². The van der Waals surface area contributed by atoms with Gasteiger partial charge in [0.05, 0.1) is 6.10 Å². The predicted octanol–water partition coefficient (Wildman–Crippen LogP) is 1.49. The largest absolute Gasteiger partial charge is 0.393 e. The van der Waals surface area contributed by atoms with Crippen LogP contribution in [0.3, 0.4) is 0 Å². The van der Waals surface area contributed by atoms with Crippen molar-refractivity contribution in [1.29, 1.82) is 0 Å². The van der Waals surface area contributed by atoms with Crippen LogP contribution in [-0.4, -0.2) is 36.2 Å². The molecule has 0 spiro atoms. The molecule has 2 fully saturated rings. The summed E-state index contributed by atoms with van der Waals surface area (Å²) in [6, 6.07) is 0. The molecule has 1 aliphatic carbocycles. The minimum absolute atomic E-state index is 0.00961. The summed E-state index contributed by atoms with van der Waals surface area (Å²) < 4.78 is 0. The quantitative estimate of drug-likeness (QED) is 0.666. The molecule has 1 N–H and O–H groups in total. The summed E-state index contributed by atoms with van der Waals surface area (Å²) in [5.41, 5.74) is 0. The number of hydrogen-bond donors (Lipinski definition) is 1. The molecule has 2 heteroatoms. The summed E-state index contributed by atoms with van der Waals surface area (Å²) in [6.45, 7) is 2.57. The van der Waals surface area contributed by atoms with Crippen molar-refractivity contribution in [1.82, 2.24) is 4.90 Å². The van der Waals surface area contributed by atoms with E-state index in [4.69, 9.17) is 0 Å². The first kappa shape index (κ1) is 9.47. The van der Waals surface area contributed by atoms with E-state index in [9.17, 15) is 5.11 Å². The van der Waals surface area contributed by atoms with Crippen LogP contribution < -0.4 is 0 Å². The second-order valence-corrected chi connectivity index (χ2v) is 4.88. The van der Waals surface area contributed by atoms with Gasteiger partial charge in [0.2, 0.25) is 0 Å². The molecule has 0 bridgehead atoms. The fourth-order valence-electron chi connectivity index (χ4n) is 2.93. The van der Waals surface area contributed by atoms with Gasteiger partial charge in [0.1, 0.15) is 0 Å². The molecule has 0 radical (unpaired) electrons. The number of rotatable bonds is 1. The SMILES string of the molecule is CN1CCC(C2CCC(O)CC2)C1. The molecule has 0 aromatic rings. The van der Waals surface area contributed by atoms with E-state index in [0.29, 0.717) is 0 Å². The maximum atomic E-state index is 9.41. The lowest BCUT2D eigenvalue weighted by atomic mass is 9.78. The van der Waals surface area contributed by atoms with Gasteiger partial charge < -0.3 is 10.0 Å². The standard InChI is InChI=1S/C11H21NO/c1-12-7-6-10(8-12)9-2-4-11(13)5-3-9/h9-11,13H,2-8H2,1H3. The van der Waals surface area contributed by atoms with Gasteiger partial charge in [-0.2, -0.15) is 0 Å². The molecule has 1 saturated heterocycles. The summed E-state index contributed by atoms with van der Waals surface area (Å²) in [5.74, 6) is 1.84. The van der Waals surface area contributed by atoms with E-state index in [1.54, 1.807) is 0 Å². The molecule has 13 heavy (non-hydrogen) atoms. The Kier molecular flexibility index (Phi) is 2.89. The second-order valence-electron chi connectivity index (χ2n) is 4.88. The van der Waals surface area contributed by atoms with Crippen molar-refractivity contribution in [2.75, 3.05) is 20.1 Å². The Labute approximate surface area is 80.9 Å². The fraction of sp³-hybridized carbons (Fsp3) is 1.00. The van der Waals surface area contributed by atoms with Crippen LogP contribution in [0.25, 0.3) is 0 Å². The summed E-state index contributed by atoms with van der Waals surface area (Å²) in [6.07, 6.45) is 6.02. The van der Waals surface area contributed by atoms with Crippen molar-refractivity contribution in [3.8, 4) is 0 Å². The highest BCUT2D eigenvalue weighted by molar-refractivity contribution is 4.83. The molecular formula is C11H21NO. The average Bonchev–Trinajstić information content (AvgIpc) is 2.53. The van der Waals surface area contributed by atoms with Gasteiger partial charge in [-0.1, -0.05) is 0 Å².